The van der Waals surface area contributed by atoms with E-state index in [0.29, 0.717) is 43.3 Å². The van der Waals surface area contributed by atoms with E-state index < -0.39 is 5.91 Å². The van der Waals surface area contributed by atoms with E-state index in [-0.39, 0.29) is 5.76 Å². The molecule has 0 unspecified atom stereocenters. The lowest BCUT2D eigenvalue weighted by atomic mass is 10.1. The van der Waals surface area contributed by atoms with Crippen molar-refractivity contribution in [2.24, 2.45) is 5.10 Å². The van der Waals surface area contributed by atoms with Crippen molar-refractivity contribution in [2.75, 3.05) is 13.2 Å². The maximum absolute atomic E-state index is 12.6. The zero-order valence-electron chi connectivity index (χ0n) is 21.0. The number of allylic oxidation sites excluding steroid dienone is 1. The van der Waals surface area contributed by atoms with Gasteiger partial charge >= 0.3 is 5.91 Å². The summed E-state index contributed by atoms with van der Waals surface area (Å²) in [6.45, 7) is 9.15. The lowest BCUT2D eigenvalue weighted by Gasteiger charge is -2.16. The first kappa shape index (κ1) is 25.6. The molecule has 190 valence electrons. The number of benzene rings is 3. The average molecular weight is 499 g/mol. The molecule has 37 heavy (non-hydrogen) atoms. The summed E-state index contributed by atoms with van der Waals surface area (Å²) < 4.78 is 23.2. The van der Waals surface area contributed by atoms with Crippen molar-refractivity contribution in [3.05, 3.63) is 102 Å². The summed E-state index contributed by atoms with van der Waals surface area (Å²) in [6, 6.07) is 20.8. The van der Waals surface area contributed by atoms with Crippen LogP contribution >= 0.6 is 0 Å². The number of hydrogen-bond donors (Lipinski definition) is 1. The third-order valence-electron chi connectivity index (χ3n) is 5.45. The Bertz CT molecular complexity index is 1390. The molecule has 3 aromatic carbocycles. The lowest BCUT2D eigenvalue weighted by Crippen LogP contribution is -2.16. The van der Waals surface area contributed by atoms with E-state index in [9.17, 15) is 4.79 Å². The summed E-state index contributed by atoms with van der Waals surface area (Å²) in [5.41, 5.74) is 5.84. The first-order valence-corrected chi connectivity index (χ1v) is 12.2. The summed E-state index contributed by atoms with van der Waals surface area (Å²) >= 11 is 0. The molecule has 1 N–H and O–H groups in total. The Labute approximate surface area is 216 Å². The Hall–Kier alpha value is -4.52. The summed E-state index contributed by atoms with van der Waals surface area (Å²) in [5, 5.41) is 4.91. The van der Waals surface area contributed by atoms with Gasteiger partial charge in [0.25, 0.3) is 0 Å². The molecule has 0 aliphatic carbocycles. The van der Waals surface area contributed by atoms with Crippen LogP contribution in [0.4, 0.5) is 0 Å². The van der Waals surface area contributed by atoms with Crippen LogP contribution in [0.3, 0.4) is 0 Å². The Morgan fingerprint density at radius 3 is 2.57 bits per heavy atom. The highest BCUT2D eigenvalue weighted by Crippen LogP contribution is 2.34. The molecule has 0 atom stereocenters. The van der Waals surface area contributed by atoms with Crippen LogP contribution < -0.4 is 19.6 Å². The van der Waals surface area contributed by atoms with Crippen LogP contribution in [-0.4, -0.2) is 25.3 Å². The molecule has 1 heterocycles. The molecule has 1 amide bonds. The smallest absolute Gasteiger partial charge is 0.307 e. The van der Waals surface area contributed by atoms with Crippen molar-refractivity contribution in [1.82, 2.24) is 5.43 Å². The number of nitrogens with one attached hydrogen (secondary N) is 1. The van der Waals surface area contributed by atoms with Crippen molar-refractivity contribution >= 4 is 23.1 Å². The molecule has 7 heteroatoms. The van der Waals surface area contributed by atoms with Gasteiger partial charge in [0.2, 0.25) is 0 Å². The Morgan fingerprint density at radius 2 is 1.81 bits per heavy atom. The number of furan rings is 1. The van der Waals surface area contributed by atoms with Gasteiger partial charge in [-0.3, -0.25) is 4.79 Å². The van der Waals surface area contributed by atoms with Gasteiger partial charge in [0.15, 0.2) is 17.3 Å². The fourth-order valence-electron chi connectivity index (χ4n) is 3.83. The second-order valence-electron chi connectivity index (χ2n) is 8.15. The number of rotatable bonds is 12. The van der Waals surface area contributed by atoms with Gasteiger partial charge in [-0.15, -0.1) is 6.58 Å². The van der Waals surface area contributed by atoms with Crippen molar-refractivity contribution in [3.63, 3.8) is 0 Å². The Balaban J connectivity index is 1.50. The first-order chi connectivity index (χ1) is 18.1. The molecule has 0 bridgehead atoms. The highest BCUT2D eigenvalue weighted by atomic mass is 16.5. The zero-order chi connectivity index (χ0) is 26.0. The van der Waals surface area contributed by atoms with Gasteiger partial charge in [-0.05, 0) is 67.8 Å². The van der Waals surface area contributed by atoms with Crippen molar-refractivity contribution in [3.8, 4) is 17.2 Å². The minimum Gasteiger partial charge on any atom is -0.494 e. The molecule has 0 saturated carbocycles. The van der Waals surface area contributed by atoms with Crippen LogP contribution in [0.2, 0.25) is 0 Å². The number of carbonyl (C=O) groups is 1. The number of carbonyl (C=O) groups excluding carboxylic acids is 1. The van der Waals surface area contributed by atoms with E-state index in [2.05, 4.69) is 17.1 Å². The Morgan fingerprint density at radius 1 is 1.00 bits per heavy atom. The molecule has 0 fully saturated rings. The minimum absolute atomic E-state index is 0.160. The summed E-state index contributed by atoms with van der Waals surface area (Å²) in [4.78, 5) is 12.6. The van der Waals surface area contributed by atoms with Crippen molar-refractivity contribution in [1.29, 1.82) is 0 Å². The second-order valence-corrected chi connectivity index (χ2v) is 8.15. The van der Waals surface area contributed by atoms with E-state index in [1.54, 1.807) is 24.4 Å². The molecule has 1 aromatic heterocycles. The lowest BCUT2D eigenvalue weighted by molar-refractivity contribution is 0.0929. The largest absolute Gasteiger partial charge is 0.494 e. The van der Waals surface area contributed by atoms with E-state index in [1.165, 1.54) is 0 Å². The standard InChI is InChI=1S/C30H30N2O5/c1-4-10-23-15-22(16-27(35-6-3)29(23)36-20-21-11-8-7-9-12-21)19-31-32-30(33)28-18-24-17-25(34-5-2)13-14-26(24)37-28/h4,7-9,11-19H,1,5-6,10,20H2,2-3H3,(H,32,33)/b31-19+. The number of ether oxygens (including phenoxy) is 3. The van der Waals surface area contributed by atoms with Gasteiger partial charge in [-0.2, -0.15) is 5.10 Å². The molecule has 0 saturated heterocycles. The van der Waals surface area contributed by atoms with Gasteiger partial charge in [-0.1, -0.05) is 36.4 Å². The third-order valence-corrected chi connectivity index (χ3v) is 5.45. The van der Waals surface area contributed by atoms with Crippen LogP contribution in [0.5, 0.6) is 17.2 Å². The third kappa shape index (κ3) is 6.58. The molecule has 0 aliphatic rings. The molecule has 4 aromatic rings. The number of nitrogens with zero attached hydrogens (tertiary/aromatic N) is 1. The van der Waals surface area contributed by atoms with Crippen LogP contribution in [0.15, 0.2) is 88.9 Å². The van der Waals surface area contributed by atoms with E-state index in [0.717, 1.165) is 27.8 Å². The zero-order valence-corrected chi connectivity index (χ0v) is 21.0. The van der Waals surface area contributed by atoms with Crippen LogP contribution in [0.25, 0.3) is 11.0 Å². The highest BCUT2D eigenvalue weighted by Gasteiger charge is 2.15. The number of hydrazone groups is 1. The van der Waals surface area contributed by atoms with E-state index in [4.69, 9.17) is 18.6 Å². The molecular formula is C30H30N2O5. The van der Waals surface area contributed by atoms with Gasteiger partial charge in [0, 0.05) is 10.9 Å². The highest BCUT2D eigenvalue weighted by molar-refractivity contribution is 5.96. The second kappa shape index (κ2) is 12.4. The summed E-state index contributed by atoms with van der Waals surface area (Å²) in [5.74, 6) is 1.70. The number of amides is 1. The minimum atomic E-state index is -0.454. The summed E-state index contributed by atoms with van der Waals surface area (Å²) in [7, 11) is 0. The molecule has 0 radical (unpaired) electrons. The quantitative estimate of drug-likeness (QED) is 0.141. The fourth-order valence-corrected chi connectivity index (χ4v) is 3.83. The van der Waals surface area contributed by atoms with Crippen molar-refractivity contribution < 1.29 is 23.4 Å². The first-order valence-electron chi connectivity index (χ1n) is 12.2. The molecular weight excluding hydrogens is 468 g/mol. The Kier molecular flexibility index (Phi) is 8.60. The number of hydrogen-bond acceptors (Lipinski definition) is 6. The predicted octanol–water partition coefficient (Wildman–Crippen LogP) is 6.30. The normalized spacial score (nSPS) is 11.0. The van der Waals surface area contributed by atoms with Gasteiger partial charge in [0.1, 0.15) is 17.9 Å². The predicted molar refractivity (Wildman–Crippen MR) is 145 cm³/mol. The molecule has 0 spiro atoms. The van der Waals surface area contributed by atoms with Crippen LogP contribution in [-0.2, 0) is 13.0 Å². The monoisotopic (exact) mass is 498 g/mol. The SMILES string of the molecule is C=CCc1cc(/C=N/NC(=O)c2cc3cc(OCC)ccc3o2)cc(OCC)c1OCc1ccccc1. The van der Waals surface area contributed by atoms with E-state index >= 15 is 0 Å². The van der Waals surface area contributed by atoms with Gasteiger partial charge < -0.3 is 18.6 Å². The topological polar surface area (TPSA) is 82.3 Å². The summed E-state index contributed by atoms with van der Waals surface area (Å²) in [6.07, 6.45) is 3.95. The average Bonchev–Trinajstić information content (AvgIpc) is 3.33. The van der Waals surface area contributed by atoms with E-state index in [1.807, 2.05) is 68.5 Å². The maximum atomic E-state index is 12.6. The van der Waals surface area contributed by atoms with Gasteiger partial charge in [-0.25, -0.2) is 5.43 Å². The van der Waals surface area contributed by atoms with Crippen molar-refractivity contribution in [2.45, 2.75) is 26.9 Å². The molecule has 7 nitrogen and oxygen atoms in total. The maximum Gasteiger partial charge on any atom is 0.307 e. The molecule has 4 rings (SSSR count). The molecule has 0 aliphatic heterocycles. The van der Waals surface area contributed by atoms with Crippen LogP contribution in [0.1, 0.15) is 41.1 Å². The van der Waals surface area contributed by atoms with Crippen LogP contribution in [0, 0.1) is 0 Å². The van der Waals surface area contributed by atoms with Gasteiger partial charge in [0.05, 0.1) is 19.4 Å². The fraction of sp³-hybridized carbons (Fsp3) is 0.200. The number of fused-ring (bicyclic) bond motifs is 1.